The van der Waals surface area contributed by atoms with Crippen LogP contribution in [0.1, 0.15) is 25.7 Å². The molecule has 0 aromatic heterocycles. The number of amides is 1. The highest BCUT2D eigenvalue weighted by Gasteiger charge is 2.12. The lowest BCUT2D eigenvalue weighted by Crippen LogP contribution is -2.11. The van der Waals surface area contributed by atoms with Crippen molar-refractivity contribution >= 4 is 17.3 Å². The van der Waals surface area contributed by atoms with Gasteiger partial charge in [0, 0.05) is 18.6 Å². The highest BCUT2D eigenvalue weighted by atomic mass is 16.6. The third kappa shape index (κ3) is 4.92. The maximum Gasteiger partial charge on any atom is 0.271 e. The summed E-state index contributed by atoms with van der Waals surface area (Å²) in [6, 6.07) is 3.49. The zero-order valence-corrected chi connectivity index (χ0v) is 10.5. The Morgan fingerprint density at radius 2 is 2.11 bits per heavy atom. The molecule has 7 nitrogen and oxygen atoms in total. The Morgan fingerprint density at radius 3 is 2.74 bits per heavy atom. The van der Waals surface area contributed by atoms with Gasteiger partial charge in [-0.2, -0.15) is 0 Å². The number of unbranched alkanes of at least 4 members (excludes halogenated alkanes) is 2. The summed E-state index contributed by atoms with van der Waals surface area (Å²) in [6.45, 7) is 0.591. The average molecular weight is 267 g/mol. The molecule has 0 aliphatic rings. The molecule has 4 N–H and O–H groups in total. The van der Waals surface area contributed by atoms with Gasteiger partial charge in [0.05, 0.1) is 10.6 Å². The predicted molar refractivity (Wildman–Crippen MR) is 70.9 cm³/mol. The van der Waals surface area contributed by atoms with E-state index in [1.807, 2.05) is 0 Å². The van der Waals surface area contributed by atoms with Crippen molar-refractivity contribution in [2.24, 2.45) is 5.73 Å². The lowest BCUT2D eigenvalue weighted by molar-refractivity contribution is -0.384. The summed E-state index contributed by atoms with van der Waals surface area (Å²) in [5.74, 6) is -0.478. The summed E-state index contributed by atoms with van der Waals surface area (Å²) in [5.41, 5.74) is 5.21. The van der Waals surface area contributed by atoms with Crippen LogP contribution in [0.2, 0.25) is 0 Å². The highest BCUT2D eigenvalue weighted by Crippen LogP contribution is 2.27. The molecule has 0 radical (unpaired) electrons. The van der Waals surface area contributed by atoms with Gasteiger partial charge in [0.25, 0.3) is 5.69 Å². The van der Waals surface area contributed by atoms with E-state index in [2.05, 4.69) is 5.32 Å². The Labute approximate surface area is 110 Å². The van der Waals surface area contributed by atoms with Crippen LogP contribution in [0.15, 0.2) is 18.2 Å². The number of anilines is 1. The average Bonchev–Trinajstić information content (AvgIpc) is 2.37. The molecule has 0 spiro atoms. The Bertz CT molecular complexity index is 462. The topological polar surface area (TPSA) is 118 Å². The van der Waals surface area contributed by atoms with Gasteiger partial charge in [-0.3, -0.25) is 14.9 Å². The summed E-state index contributed by atoms with van der Waals surface area (Å²) in [6.07, 6.45) is 2.70. The van der Waals surface area contributed by atoms with E-state index in [-0.39, 0.29) is 23.0 Å². The molecule has 19 heavy (non-hydrogen) atoms. The van der Waals surface area contributed by atoms with Gasteiger partial charge >= 0.3 is 0 Å². The molecule has 0 unspecified atom stereocenters. The first-order chi connectivity index (χ1) is 9.04. The van der Waals surface area contributed by atoms with Crippen molar-refractivity contribution in [2.75, 3.05) is 11.9 Å². The minimum absolute atomic E-state index is 0.0537. The van der Waals surface area contributed by atoms with Crippen LogP contribution in [0.5, 0.6) is 5.75 Å². The summed E-state index contributed by atoms with van der Waals surface area (Å²) in [4.78, 5) is 21.6. The second-order valence-corrected chi connectivity index (χ2v) is 4.11. The smallest absolute Gasteiger partial charge is 0.271 e. The number of carbonyl (C=O) groups is 1. The van der Waals surface area contributed by atoms with E-state index in [1.54, 1.807) is 0 Å². The normalized spacial score (nSPS) is 10.2. The summed E-state index contributed by atoms with van der Waals surface area (Å²) in [5, 5.41) is 22.6. The molecule has 0 saturated carbocycles. The predicted octanol–water partition coefficient (Wildman–Crippen LogP) is 1.76. The molecule has 1 aromatic carbocycles. The van der Waals surface area contributed by atoms with Crippen molar-refractivity contribution in [3.05, 3.63) is 28.3 Å². The van der Waals surface area contributed by atoms with Crippen LogP contribution in [0.25, 0.3) is 0 Å². The first-order valence-electron chi connectivity index (χ1n) is 6.02. The zero-order valence-electron chi connectivity index (χ0n) is 10.5. The number of hydrogen-bond acceptors (Lipinski definition) is 5. The van der Waals surface area contributed by atoms with Crippen LogP contribution in [0.3, 0.4) is 0 Å². The number of nitrogens with one attached hydrogen (secondary N) is 1. The Morgan fingerprint density at radius 1 is 1.37 bits per heavy atom. The number of nitro groups is 1. The molecule has 0 heterocycles. The fourth-order valence-electron chi connectivity index (χ4n) is 1.56. The minimum Gasteiger partial charge on any atom is -0.506 e. The van der Waals surface area contributed by atoms with Gasteiger partial charge in [-0.1, -0.05) is 6.42 Å². The molecule has 0 fully saturated rings. The third-order valence-corrected chi connectivity index (χ3v) is 2.57. The summed E-state index contributed by atoms with van der Waals surface area (Å²) < 4.78 is 0. The number of non-ortho nitro benzene ring substituents is 1. The van der Waals surface area contributed by atoms with Crippen molar-refractivity contribution in [3.63, 3.8) is 0 Å². The van der Waals surface area contributed by atoms with E-state index in [1.165, 1.54) is 12.1 Å². The number of carbonyl (C=O) groups excluding carboxylic acids is 1. The van der Waals surface area contributed by atoms with E-state index in [9.17, 15) is 20.0 Å². The second kappa shape index (κ2) is 7.32. The Balaban J connectivity index is 2.58. The maximum atomic E-state index is 11.6. The second-order valence-electron chi connectivity index (χ2n) is 4.11. The van der Waals surface area contributed by atoms with Crippen LogP contribution in [-0.2, 0) is 4.79 Å². The number of nitrogens with zero attached hydrogens (tertiary/aromatic N) is 1. The standard InChI is InChI=1S/C12H17N3O4/c13-7-3-1-2-4-12(17)14-10-8-9(15(18)19)5-6-11(10)16/h5-6,8,16H,1-4,7,13H2,(H,14,17). The number of phenols is 1. The Kier molecular flexibility index (Phi) is 5.74. The molecule has 0 aliphatic carbocycles. The van der Waals surface area contributed by atoms with Crippen LogP contribution < -0.4 is 11.1 Å². The number of nitrogens with two attached hydrogens (primary N) is 1. The summed E-state index contributed by atoms with van der Waals surface area (Å²) >= 11 is 0. The van der Waals surface area contributed by atoms with Gasteiger partial charge in [0.15, 0.2) is 0 Å². The Hall–Kier alpha value is -2.15. The molecule has 104 valence electrons. The van der Waals surface area contributed by atoms with Crippen molar-refractivity contribution in [1.29, 1.82) is 0 Å². The molecular formula is C12H17N3O4. The van der Waals surface area contributed by atoms with Crippen molar-refractivity contribution in [3.8, 4) is 5.75 Å². The van der Waals surface area contributed by atoms with Gasteiger partial charge in [0.1, 0.15) is 5.75 Å². The van der Waals surface area contributed by atoms with E-state index in [0.29, 0.717) is 19.4 Å². The highest BCUT2D eigenvalue weighted by molar-refractivity contribution is 5.92. The SMILES string of the molecule is NCCCCCC(=O)Nc1cc([N+](=O)[O-])ccc1O. The minimum atomic E-state index is -0.587. The number of benzene rings is 1. The molecule has 7 heteroatoms. The number of rotatable bonds is 7. The van der Waals surface area contributed by atoms with E-state index >= 15 is 0 Å². The molecular weight excluding hydrogens is 250 g/mol. The molecule has 0 aliphatic heterocycles. The van der Waals surface area contributed by atoms with E-state index in [0.717, 1.165) is 18.9 Å². The van der Waals surface area contributed by atoms with Gasteiger partial charge < -0.3 is 16.2 Å². The van der Waals surface area contributed by atoms with Crippen molar-refractivity contribution in [2.45, 2.75) is 25.7 Å². The largest absolute Gasteiger partial charge is 0.506 e. The van der Waals surface area contributed by atoms with Crippen LogP contribution in [0.4, 0.5) is 11.4 Å². The fraction of sp³-hybridized carbons (Fsp3) is 0.417. The van der Waals surface area contributed by atoms with E-state index in [4.69, 9.17) is 5.73 Å². The number of nitro benzene ring substituents is 1. The van der Waals surface area contributed by atoms with Crippen LogP contribution in [0, 0.1) is 10.1 Å². The molecule has 1 rings (SSSR count). The molecule has 1 amide bonds. The van der Waals surface area contributed by atoms with Gasteiger partial charge in [-0.15, -0.1) is 0 Å². The number of hydrogen-bond donors (Lipinski definition) is 3. The maximum absolute atomic E-state index is 11.6. The van der Waals surface area contributed by atoms with Gasteiger partial charge in [-0.25, -0.2) is 0 Å². The van der Waals surface area contributed by atoms with Gasteiger partial charge in [-0.05, 0) is 25.5 Å². The lowest BCUT2D eigenvalue weighted by Gasteiger charge is -2.07. The summed E-state index contributed by atoms with van der Waals surface area (Å²) in [7, 11) is 0. The van der Waals surface area contributed by atoms with Crippen LogP contribution in [-0.4, -0.2) is 22.5 Å². The monoisotopic (exact) mass is 267 g/mol. The van der Waals surface area contributed by atoms with Crippen molar-refractivity contribution in [1.82, 2.24) is 0 Å². The molecule has 1 aromatic rings. The quantitative estimate of drug-likeness (QED) is 0.301. The molecule has 0 atom stereocenters. The third-order valence-electron chi connectivity index (χ3n) is 2.57. The van der Waals surface area contributed by atoms with Crippen molar-refractivity contribution < 1.29 is 14.8 Å². The van der Waals surface area contributed by atoms with Gasteiger partial charge in [0.2, 0.25) is 5.91 Å². The number of phenolic OH excluding ortho intramolecular Hbond substituents is 1. The molecule has 0 saturated heterocycles. The number of aromatic hydroxyl groups is 1. The fourth-order valence-corrected chi connectivity index (χ4v) is 1.56. The lowest BCUT2D eigenvalue weighted by atomic mass is 10.2. The van der Waals surface area contributed by atoms with Crippen LogP contribution >= 0.6 is 0 Å². The molecule has 0 bridgehead atoms. The zero-order chi connectivity index (χ0) is 14.3. The first kappa shape index (κ1) is 14.9. The van der Waals surface area contributed by atoms with E-state index < -0.39 is 4.92 Å². The first-order valence-corrected chi connectivity index (χ1v) is 6.02.